The zero-order valence-electron chi connectivity index (χ0n) is 17.7. The molecule has 0 unspecified atom stereocenters. The van der Waals surface area contributed by atoms with Crippen molar-refractivity contribution in [1.29, 1.82) is 0 Å². The van der Waals surface area contributed by atoms with Gasteiger partial charge in [-0.1, -0.05) is 36.4 Å². The molecule has 0 heterocycles. The third kappa shape index (κ3) is 7.28. The molecular formula is C24H21FN4O4. The lowest BCUT2D eigenvalue weighted by Crippen LogP contribution is -2.32. The highest BCUT2D eigenvalue weighted by molar-refractivity contribution is 6.39. The van der Waals surface area contributed by atoms with Gasteiger partial charge in [0.1, 0.15) is 11.6 Å². The number of hydrogen-bond donors (Lipinski definition) is 3. The summed E-state index contributed by atoms with van der Waals surface area (Å²) < 4.78 is 19.0. The van der Waals surface area contributed by atoms with Crippen LogP contribution in [0.4, 0.5) is 15.8 Å². The van der Waals surface area contributed by atoms with E-state index < -0.39 is 17.6 Å². The molecular weight excluding hydrogens is 427 g/mol. The molecule has 0 aliphatic carbocycles. The lowest BCUT2D eigenvalue weighted by atomic mass is 10.2. The van der Waals surface area contributed by atoms with E-state index in [-0.39, 0.29) is 18.2 Å². The second-order valence-electron chi connectivity index (χ2n) is 6.91. The first-order valence-corrected chi connectivity index (χ1v) is 9.89. The fraction of sp³-hybridized carbons (Fsp3) is 0.0833. The van der Waals surface area contributed by atoms with Gasteiger partial charge in [0.05, 0.1) is 11.9 Å². The zero-order chi connectivity index (χ0) is 23.6. The van der Waals surface area contributed by atoms with Crippen molar-refractivity contribution >= 4 is 35.3 Å². The standard InChI is InChI=1S/C24H21FN4O4/c1-16-6-4-8-18(12-16)27-22(30)15-33-19-9-5-7-17(13-19)14-26-29-24(32)23(31)28-21-11-3-2-10-20(21)25/h2-14H,15H2,1H3,(H,27,30)(H,28,31)(H,29,32)/b26-14-. The summed E-state index contributed by atoms with van der Waals surface area (Å²) in [6, 6.07) is 19.5. The predicted octanol–water partition coefficient (Wildman–Crippen LogP) is 3.24. The largest absolute Gasteiger partial charge is 0.484 e. The average molecular weight is 448 g/mol. The van der Waals surface area contributed by atoms with Gasteiger partial charge in [-0.2, -0.15) is 5.10 Å². The Labute approximate surface area is 189 Å². The maximum Gasteiger partial charge on any atom is 0.329 e. The Bertz CT molecular complexity index is 1200. The van der Waals surface area contributed by atoms with Crippen LogP contribution in [-0.2, 0) is 14.4 Å². The SMILES string of the molecule is Cc1cccc(NC(=O)COc2cccc(/C=N\NC(=O)C(=O)Nc3ccccc3F)c2)c1. The first-order chi connectivity index (χ1) is 15.9. The Morgan fingerprint density at radius 1 is 0.939 bits per heavy atom. The molecule has 3 N–H and O–H groups in total. The van der Waals surface area contributed by atoms with Crippen LogP contribution in [0.25, 0.3) is 0 Å². The minimum Gasteiger partial charge on any atom is -0.484 e. The molecule has 3 aromatic rings. The number of rotatable bonds is 7. The van der Waals surface area contributed by atoms with Crippen molar-refractivity contribution in [2.24, 2.45) is 5.10 Å². The molecule has 0 bridgehead atoms. The van der Waals surface area contributed by atoms with Gasteiger partial charge in [0.15, 0.2) is 6.61 Å². The number of amides is 3. The highest BCUT2D eigenvalue weighted by atomic mass is 19.1. The summed E-state index contributed by atoms with van der Waals surface area (Å²) in [5.74, 6) is -2.68. The van der Waals surface area contributed by atoms with Gasteiger partial charge in [0, 0.05) is 5.69 Å². The van der Waals surface area contributed by atoms with E-state index in [4.69, 9.17) is 4.74 Å². The van der Waals surface area contributed by atoms with Crippen molar-refractivity contribution in [3.05, 3.63) is 89.7 Å². The summed E-state index contributed by atoms with van der Waals surface area (Å²) in [6.45, 7) is 1.73. The molecule has 0 aromatic heterocycles. The van der Waals surface area contributed by atoms with E-state index in [2.05, 4.69) is 21.2 Å². The average Bonchev–Trinajstić information content (AvgIpc) is 2.79. The third-order valence-electron chi connectivity index (χ3n) is 4.24. The number of anilines is 2. The monoisotopic (exact) mass is 448 g/mol. The molecule has 0 aliphatic heterocycles. The number of ether oxygens (including phenoxy) is 1. The van der Waals surface area contributed by atoms with Crippen molar-refractivity contribution < 1.29 is 23.5 Å². The molecule has 33 heavy (non-hydrogen) atoms. The zero-order valence-corrected chi connectivity index (χ0v) is 17.7. The highest BCUT2D eigenvalue weighted by Crippen LogP contribution is 2.14. The summed E-state index contributed by atoms with van der Waals surface area (Å²) in [5, 5.41) is 8.62. The van der Waals surface area contributed by atoms with Crippen LogP contribution in [0.5, 0.6) is 5.75 Å². The Morgan fingerprint density at radius 3 is 2.52 bits per heavy atom. The van der Waals surface area contributed by atoms with Gasteiger partial charge >= 0.3 is 11.8 Å². The molecule has 3 amide bonds. The molecule has 8 nitrogen and oxygen atoms in total. The van der Waals surface area contributed by atoms with Crippen molar-refractivity contribution in [2.75, 3.05) is 17.2 Å². The summed E-state index contributed by atoms with van der Waals surface area (Å²) in [5.41, 5.74) is 4.21. The van der Waals surface area contributed by atoms with Gasteiger partial charge in [0.25, 0.3) is 5.91 Å². The van der Waals surface area contributed by atoms with Crippen LogP contribution in [0.2, 0.25) is 0 Å². The topological polar surface area (TPSA) is 109 Å². The van der Waals surface area contributed by atoms with E-state index in [0.29, 0.717) is 17.0 Å². The van der Waals surface area contributed by atoms with Gasteiger partial charge in [-0.05, 0) is 54.4 Å². The van der Waals surface area contributed by atoms with Gasteiger partial charge in [-0.15, -0.1) is 0 Å². The minimum absolute atomic E-state index is 0.113. The number of hydrogen-bond acceptors (Lipinski definition) is 5. The van der Waals surface area contributed by atoms with Crippen LogP contribution >= 0.6 is 0 Å². The summed E-state index contributed by atoms with van der Waals surface area (Å²) in [7, 11) is 0. The third-order valence-corrected chi connectivity index (χ3v) is 4.24. The van der Waals surface area contributed by atoms with Crippen molar-refractivity contribution in [3.63, 3.8) is 0 Å². The van der Waals surface area contributed by atoms with Crippen LogP contribution in [-0.4, -0.2) is 30.5 Å². The summed E-state index contributed by atoms with van der Waals surface area (Å²) in [6.07, 6.45) is 1.30. The maximum absolute atomic E-state index is 13.5. The minimum atomic E-state index is -1.06. The molecule has 0 atom stereocenters. The number of benzene rings is 3. The molecule has 3 aromatic carbocycles. The van der Waals surface area contributed by atoms with Crippen molar-refractivity contribution in [3.8, 4) is 5.75 Å². The molecule has 0 aliphatic rings. The predicted molar refractivity (Wildman–Crippen MR) is 123 cm³/mol. The summed E-state index contributed by atoms with van der Waals surface area (Å²) >= 11 is 0. The number of halogens is 1. The van der Waals surface area contributed by atoms with Crippen LogP contribution in [0.3, 0.4) is 0 Å². The van der Waals surface area contributed by atoms with Gasteiger partial charge in [0.2, 0.25) is 0 Å². The number of carbonyl (C=O) groups is 3. The molecule has 9 heteroatoms. The van der Waals surface area contributed by atoms with Gasteiger partial charge < -0.3 is 15.4 Å². The second-order valence-corrected chi connectivity index (χ2v) is 6.91. The molecule has 168 valence electrons. The number of nitrogens with one attached hydrogen (secondary N) is 3. The van der Waals surface area contributed by atoms with E-state index in [9.17, 15) is 18.8 Å². The molecule has 0 fully saturated rings. The van der Waals surface area contributed by atoms with E-state index in [0.717, 1.165) is 11.6 Å². The summed E-state index contributed by atoms with van der Waals surface area (Å²) in [4.78, 5) is 35.7. The molecule has 0 radical (unpaired) electrons. The lowest BCUT2D eigenvalue weighted by molar-refractivity contribution is -0.136. The quantitative estimate of drug-likeness (QED) is 0.293. The van der Waals surface area contributed by atoms with Crippen LogP contribution in [0.15, 0.2) is 77.9 Å². The first-order valence-electron chi connectivity index (χ1n) is 9.89. The normalized spacial score (nSPS) is 10.5. The smallest absolute Gasteiger partial charge is 0.329 e. The van der Waals surface area contributed by atoms with Crippen LogP contribution in [0.1, 0.15) is 11.1 Å². The fourth-order valence-electron chi connectivity index (χ4n) is 2.71. The van der Waals surface area contributed by atoms with E-state index in [1.165, 1.54) is 24.4 Å². The Kier molecular flexibility index (Phi) is 7.85. The maximum atomic E-state index is 13.5. The number of aryl methyl sites for hydroxylation is 1. The Hall–Kier alpha value is -4.53. The molecule has 0 saturated carbocycles. The fourth-order valence-corrected chi connectivity index (χ4v) is 2.71. The van der Waals surface area contributed by atoms with Gasteiger partial charge in [-0.25, -0.2) is 9.82 Å². The Morgan fingerprint density at radius 2 is 1.73 bits per heavy atom. The van der Waals surface area contributed by atoms with Crippen LogP contribution < -0.4 is 20.8 Å². The molecule has 3 rings (SSSR count). The van der Waals surface area contributed by atoms with E-state index in [1.807, 2.05) is 25.1 Å². The van der Waals surface area contributed by atoms with Crippen molar-refractivity contribution in [2.45, 2.75) is 6.92 Å². The number of hydrazone groups is 1. The number of para-hydroxylation sites is 1. The number of nitrogens with zero attached hydrogens (tertiary/aromatic N) is 1. The first kappa shape index (κ1) is 23.1. The molecule has 0 spiro atoms. The Balaban J connectivity index is 1.48. The second kappa shape index (κ2) is 11.2. The van der Waals surface area contributed by atoms with E-state index in [1.54, 1.807) is 30.3 Å². The highest BCUT2D eigenvalue weighted by Gasteiger charge is 2.14. The van der Waals surface area contributed by atoms with E-state index >= 15 is 0 Å². The number of carbonyl (C=O) groups excluding carboxylic acids is 3. The lowest BCUT2D eigenvalue weighted by Gasteiger charge is -2.08. The van der Waals surface area contributed by atoms with Crippen LogP contribution in [0, 0.1) is 12.7 Å². The van der Waals surface area contributed by atoms with Crippen molar-refractivity contribution in [1.82, 2.24) is 5.43 Å². The molecule has 0 saturated heterocycles. The van der Waals surface area contributed by atoms with Gasteiger partial charge in [-0.3, -0.25) is 14.4 Å².